The number of nitrogens with zero attached hydrogens (tertiary/aromatic N) is 1. The Morgan fingerprint density at radius 1 is 1.17 bits per heavy atom. The summed E-state index contributed by atoms with van der Waals surface area (Å²) in [5.74, 6) is 0. The average molecular weight is 263 g/mol. The molecule has 0 aliphatic carbocycles. The summed E-state index contributed by atoms with van der Waals surface area (Å²) in [5, 5.41) is 9.12. The van der Waals surface area contributed by atoms with Crippen molar-refractivity contribution < 1.29 is 5.11 Å². The van der Waals surface area contributed by atoms with Crippen molar-refractivity contribution in [3.05, 3.63) is 47.7 Å². The molecule has 0 aliphatic rings. The van der Waals surface area contributed by atoms with Crippen LogP contribution in [0.1, 0.15) is 5.56 Å². The van der Waals surface area contributed by atoms with Crippen molar-refractivity contribution in [3.63, 3.8) is 0 Å². The lowest BCUT2D eigenvalue weighted by Gasteiger charge is -2.20. The maximum atomic E-state index is 9.12. The predicted molar refractivity (Wildman–Crippen MR) is 81.3 cm³/mol. The van der Waals surface area contributed by atoms with E-state index in [0.29, 0.717) is 0 Å². The summed E-state index contributed by atoms with van der Waals surface area (Å²) in [5.41, 5.74) is 3.66. The molecular formula is C15H25NOSi. The molecule has 0 atom stereocenters. The standard InChI is InChI=1S/C15H25NOSi/c1-18(2,3)13-7-10-16(11-12-17)14-15-8-5-4-6-9-15/h4-9,13,17H,10-12,14H2,1-3H3/b13-7+. The number of aliphatic hydroxyl groups excluding tert-OH is 1. The van der Waals surface area contributed by atoms with Gasteiger partial charge in [0.25, 0.3) is 0 Å². The molecule has 0 saturated carbocycles. The molecule has 0 saturated heterocycles. The summed E-state index contributed by atoms with van der Waals surface area (Å²) in [6.07, 6.45) is 2.25. The second kappa shape index (κ2) is 7.51. The van der Waals surface area contributed by atoms with E-state index in [1.165, 1.54) is 5.56 Å². The summed E-state index contributed by atoms with van der Waals surface area (Å²) in [6.45, 7) is 9.75. The van der Waals surface area contributed by atoms with E-state index in [2.05, 4.69) is 60.6 Å². The third-order valence-corrected chi connectivity index (χ3v) is 3.88. The minimum atomic E-state index is -1.11. The fourth-order valence-electron chi connectivity index (χ4n) is 1.77. The van der Waals surface area contributed by atoms with Crippen molar-refractivity contribution in [1.29, 1.82) is 0 Å². The Hall–Kier alpha value is -0.903. The Kier molecular flexibility index (Phi) is 6.33. The van der Waals surface area contributed by atoms with Crippen LogP contribution >= 0.6 is 0 Å². The number of hydrogen-bond donors (Lipinski definition) is 1. The molecule has 0 heterocycles. The van der Waals surface area contributed by atoms with Crippen LogP contribution in [0.3, 0.4) is 0 Å². The largest absolute Gasteiger partial charge is 0.395 e. The van der Waals surface area contributed by atoms with Crippen molar-refractivity contribution >= 4 is 8.07 Å². The predicted octanol–water partition coefficient (Wildman–Crippen LogP) is 2.91. The van der Waals surface area contributed by atoms with Crippen LogP contribution in [-0.4, -0.2) is 37.8 Å². The summed E-state index contributed by atoms with van der Waals surface area (Å²) in [6, 6.07) is 10.4. The second-order valence-corrected chi connectivity index (χ2v) is 10.8. The third kappa shape index (κ3) is 6.74. The second-order valence-electron chi connectivity index (χ2n) is 5.71. The molecule has 0 bridgehead atoms. The minimum absolute atomic E-state index is 0.216. The van der Waals surface area contributed by atoms with E-state index in [9.17, 15) is 0 Å². The molecule has 1 aromatic rings. The monoisotopic (exact) mass is 263 g/mol. The van der Waals surface area contributed by atoms with Gasteiger partial charge in [0.05, 0.1) is 14.7 Å². The van der Waals surface area contributed by atoms with Gasteiger partial charge in [-0.3, -0.25) is 4.90 Å². The molecule has 2 nitrogen and oxygen atoms in total. The summed E-state index contributed by atoms with van der Waals surface area (Å²) in [4.78, 5) is 2.27. The van der Waals surface area contributed by atoms with E-state index in [-0.39, 0.29) is 6.61 Å². The van der Waals surface area contributed by atoms with Crippen molar-refractivity contribution in [2.24, 2.45) is 0 Å². The number of rotatable bonds is 7. The van der Waals surface area contributed by atoms with Gasteiger partial charge < -0.3 is 5.11 Å². The fraction of sp³-hybridized carbons (Fsp3) is 0.467. The van der Waals surface area contributed by atoms with Gasteiger partial charge in [0.15, 0.2) is 0 Å². The molecule has 0 fully saturated rings. The van der Waals surface area contributed by atoms with Gasteiger partial charge in [-0.05, 0) is 5.56 Å². The number of hydrogen-bond acceptors (Lipinski definition) is 2. The molecule has 1 aromatic carbocycles. The molecule has 0 aromatic heterocycles. The van der Waals surface area contributed by atoms with Crippen LogP contribution in [0.5, 0.6) is 0 Å². The number of aliphatic hydroxyl groups is 1. The highest BCUT2D eigenvalue weighted by Gasteiger charge is 2.08. The Balaban J connectivity index is 2.52. The molecular weight excluding hydrogens is 238 g/mol. The Morgan fingerprint density at radius 3 is 2.39 bits per heavy atom. The smallest absolute Gasteiger partial charge is 0.0683 e. The zero-order valence-electron chi connectivity index (χ0n) is 11.8. The first kappa shape index (κ1) is 15.2. The van der Waals surface area contributed by atoms with Crippen LogP contribution in [-0.2, 0) is 6.54 Å². The Labute approximate surface area is 112 Å². The molecule has 100 valence electrons. The zero-order chi connectivity index (χ0) is 13.4. The van der Waals surface area contributed by atoms with Crippen molar-refractivity contribution in [2.45, 2.75) is 26.2 Å². The number of benzene rings is 1. The van der Waals surface area contributed by atoms with E-state index in [1.54, 1.807) is 0 Å². The van der Waals surface area contributed by atoms with Gasteiger partial charge >= 0.3 is 0 Å². The van der Waals surface area contributed by atoms with E-state index in [0.717, 1.165) is 19.6 Å². The quantitative estimate of drug-likeness (QED) is 0.765. The zero-order valence-corrected chi connectivity index (χ0v) is 12.8. The van der Waals surface area contributed by atoms with Crippen LogP contribution in [0.25, 0.3) is 0 Å². The van der Waals surface area contributed by atoms with E-state index < -0.39 is 8.07 Å². The summed E-state index contributed by atoms with van der Waals surface area (Å²) >= 11 is 0. The normalized spacial score (nSPS) is 12.5. The summed E-state index contributed by atoms with van der Waals surface area (Å²) < 4.78 is 0. The van der Waals surface area contributed by atoms with Gasteiger partial charge in [-0.2, -0.15) is 0 Å². The fourth-order valence-corrected chi connectivity index (χ4v) is 2.59. The lowest BCUT2D eigenvalue weighted by atomic mass is 10.2. The molecule has 0 unspecified atom stereocenters. The van der Waals surface area contributed by atoms with Crippen LogP contribution in [0, 0.1) is 0 Å². The van der Waals surface area contributed by atoms with Gasteiger partial charge in [-0.25, -0.2) is 0 Å². The lowest BCUT2D eigenvalue weighted by Crippen LogP contribution is -2.27. The maximum Gasteiger partial charge on any atom is 0.0683 e. The van der Waals surface area contributed by atoms with Crippen LogP contribution in [0.4, 0.5) is 0 Å². The van der Waals surface area contributed by atoms with Crippen LogP contribution in [0.15, 0.2) is 42.1 Å². The first-order chi connectivity index (χ1) is 8.51. The Bertz CT molecular complexity index is 357. The molecule has 18 heavy (non-hydrogen) atoms. The van der Waals surface area contributed by atoms with Crippen molar-refractivity contribution in [3.8, 4) is 0 Å². The van der Waals surface area contributed by atoms with Gasteiger partial charge in [-0.15, -0.1) is 0 Å². The maximum absolute atomic E-state index is 9.12. The lowest BCUT2D eigenvalue weighted by molar-refractivity contribution is 0.203. The van der Waals surface area contributed by atoms with Crippen molar-refractivity contribution in [1.82, 2.24) is 4.90 Å². The van der Waals surface area contributed by atoms with E-state index >= 15 is 0 Å². The molecule has 3 heteroatoms. The molecule has 0 radical (unpaired) electrons. The molecule has 1 rings (SSSR count). The Morgan fingerprint density at radius 2 is 1.83 bits per heavy atom. The van der Waals surface area contributed by atoms with Crippen LogP contribution < -0.4 is 0 Å². The van der Waals surface area contributed by atoms with Gasteiger partial charge in [0.2, 0.25) is 0 Å². The minimum Gasteiger partial charge on any atom is -0.395 e. The van der Waals surface area contributed by atoms with Gasteiger partial charge in [0, 0.05) is 19.6 Å². The first-order valence-electron chi connectivity index (χ1n) is 6.56. The van der Waals surface area contributed by atoms with E-state index in [1.807, 2.05) is 6.07 Å². The molecule has 1 N–H and O–H groups in total. The highest BCUT2D eigenvalue weighted by Crippen LogP contribution is 2.06. The summed E-state index contributed by atoms with van der Waals surface area (Å²) in [7, 11) is -1.11. The molecule has 0 amide bonds. The van der Waals surface area contributed by atoms with Gasteiger partial charge in [-0.1, -0.05) is 61.7 Å². The topological polar surface area (TPSA) is 23.5 Å². The molecule has 0 aliphatic heterocycles. The first-order valence-corrected chi connectivity index (χ1v) is 10.1. The van der Waals surface area contributed by atoms with Crippen LogP contribution in [0.2, 0.25) is 19.6 Å². The highest BCUT2D eigenvalue weighted by molar-refractivity contribution is 6.80. The van der Waals surface area contributed by atoms with Gasteiger partial charge in [0.1, 0.15) is 0 Å². The third-order valence-electron chi connectivity index (χ3n) is 2.65. The average Bonchev–Trinajstić information content (AvgIpc) is 2.29. The molecule has 0 spiro atoms. The SMILES string of the molecule is C[Si](C)(C)/C=C/CN(CCO)Cc1ccccc1. The highest BCUT2D eigenvalue weighted by atomic mass is 28.3. The van der Waals surface area contributed by atoms with E-state index in [4.69, 9.17) is 5.11 Å². The van der Waals surface area contributed by atoms with Crippen molar-refractivity contribution in [2.75, 3.05) is 19.7 Å².